The van der Waals surface area contributed by atoms with Gasteiger partial charge in [0.1, 0.15) is 0 Å². The fourth-order valence-electron chi connectivity index (χ4n) is 1.10. The van der Waals surface area contributed by atoms with Gasteiger partial charge in [-0.2, -0.15) is 0 Å². The van der Waals surface area contributed by atoms with Crippen LogP contribution in [0.3, 0.4) is 0 Å². The fourth-order valence-corrected chi connectivity index (χ4v) is 1.53. The monoisotopic (exact) mass is 229 g/mol. The van der Waals surface area contributed by atoms with Crippen molar-refractivity contribution < 1.29 is 9.90 Å². The number of nitrogens with one attached hydrogen (secondary N) is 1. The maximum Gasteiger partial charge on any atom is 0.272 e. The van der Waals surface area contributed by atoms with Crippen LogP contribution in [0.15, 0.2) is 5.38 Å². The van der Waals surface area contributed by atoms with Gasteiger partial charge in [0.05, 0.1) is 0 Å². The summed E-state index contributed by atoms with van der Waals surface area (Å²) in [5.41, 5.74) is 0.371. The third kappa shape index (κ3) is 4.35. The number of rotatable bonds is 6. The summed E-state index contributed by atoms with van der Waals surface area (Å²) in [5, 5.41) is 16.8. The average molecular weight is 229 g/mol. The summed E-state index contributed by atoms with van der Waals surface area (Å²) in [7, 11) is 0. The second kappa shape index (κ2) is 6.47. The first kappa shape index (κ1) is 12.1. The normalized spacial score (nSPS) is 12.4. The lowest BCUT2D eigenvalue weighted by Crippen LogP contribution is -2.25. The molecule has 0 aliphatic heterocycles. The van der Waals surface area contributed by atoms with E-state index < -0.39 is 0 Å². The summed E-state index contributed by atoms with van der Waals surface area (Å²) >= 11 is 1.16. The highest BCUT2D eigenvalue weighted by atomic mass is 32.1. The second-order valence-electron chi connectivity index (χ2n) is 3.48. The molecule has 6 heteroatoms. The average Bonchev–Trinajstić information content (AvgIpc) is 2.77. The highest BCUT2D eigenvalue weighted by molar-refractivity contribution is 7.03. The van der Waals surface area contributed by atoms with Crippen molar-refractivity contribution in [2.45, 2.75) is 19.8 Å². The van der Waals surface area contributed by atoms with Crippen molar-refractivity contribution in [1.82, 2.24) is 14.9 Å². The zero-order chi connectivity index (χ0) is 11.1. The van der Waals surface area contributed by atoms with Gasteiger partial charge in [0.2, 0.25) is 0 Å². The van der Waals surface area contributed by atoms with Crippen LogP contribution in [0.5, 0.6) is 0 Å². The number of aliphatic hydroxyl groups excluding tert-OH is 1. The van der Waals surface area contributed by atoms with Crippen molar-refractivity contribution in [2.75, 3.05) is 13.2 Å². The van der Waals surface area contributed by atoms with Crippen molar-refractivity contribution in [3.8, 4) is 0 Å². The predicted octanol–water partition coefficient (Wildman–Crippen LogP) is 0.676. The van der Waals surface area contributed by atoms with Gasteiger partial charge in [0.15, 0.2) is 5.69 Å². The maximum atomic E-state index is 11.4. The van der Waals surface area contributed by atoms with Crippen LogP contribution >= 0.6 is 11.5 Å². The number of hydrogen-bond donors (Lipinski definition) is 2. The summed E-state index contributed by atoms with van der Waals surface area (Å²) in [5.74, 6) is 0.114. The molecule has 1 atom stereocenters. The van der Waals surface area contributed by atoms with E-state index in [1.54, 1.807) is 5.38 Å². The van der Waals surface area contributed by atoms with E-state index >= 15 is 0 Å². The Labute approximate surface area is 92.7 Å². The van der Waals surface area contributed by atoms with E-state index in [1.807, 2.05) is 6.92 Å². The van der Waals surface area contributed by atoms with E-state index in [0.717, 1.165) is 24.4 Å². The van der Waals surface area contributed by atoms with Crippen molar-refractivity contribution in [1.29, 1.82) is 0 Å². The van der Waals surface area contributed by atoms with E-state index in [1.165, 1.54) is 0 Å². The molecule has 1 heterocycles. The van der Waals surface area contributed by atoms with Crippen LogP contribution in [0, 0.1) is 5.92 Å². The number of carbonyl (C=O) groups excluding carboxylic acids is 1. The van der Waals surface area contributed by atoms with E-state index in [0.29, 0.717) is 18.2 Å². The van der Waals surface area contributed by atoms with Gasteiger partial charge in [0, 0.05) is 18.5 Å². The van der Waals surface area contributed by atoms with Gasteiger partial charge in [0.25, 0.3) is 5.91 Å². The molecule has 1 aromatic rings. The first-order chi connectivity index (χ1) is 7.24. The molecule has 2 N–H and O–H groups in total. The largest absolute Gasteiger partial charge is 0.396 e. The second-order valence-corrected chi connectivity index (χ2v) is 4.09. The Bertz CT molecular complexity index is 290. The molecule has 0 aliphatic rings. The Morgan fingerprint density at radius 3 is 3.13 bits per heavy atom. The van der Waals surface area contributed by atoms with Gasteiger partial charge >= 0.3 is 0 Å². The van der Waals surface area contributed by atoms with Crippen molar-refractivity contribution in [3.05, 3.63) is 11.1 Å². The molecule has 0 saturated carbocycles. The number of amides is 1. The molecule has 0 radical (unpaired) electrons. The minimum Gasteiger partial charge on any atom is -0.396 e. The lowest BCUT2D eigenvalue weighted by molar-refractivity contribution is 0.0947. The van der Waals surface area contributed by atoms with E-state index in [4.69, 9.17) is 5.11 Å². The van der Waals surface area contributed by atoms with Gasteiger partial charge in [-0.3, -0.25) is 4.79 Å². The van der Waals surface area contributed by atoms with Crippen LogP contribution in [-0.2, 0) is 0 Å². The number of nitrogens with zero attached hydrogens (tertiary/aromatic N) is 2. The molecule has 1 unspecified atom stereocenters. The number of hydrogen-bond acceptors (Lipinski definition) is 5. The molecule has 0 aromatic carbocycles. The molecule has 1 aromatic heterocycles. The smallest absolute Gasteiger partial charge is 0.272 e. The molecule has 0 spiro atoms. The predicted molar refractivity (Wildman–Crippen MR) is 57.7 cm³/mol. The van der Waals surface area contributed by atoms with Crippen LogP contribution in [-0.4, -0.2) is 33.8 Å². The highest BCUT2D eigenvalue weighted by Crippen LogP contribution is 2.03. The molecule has 1 rings (SSSR count). The first-order valence-electron chi connectivity index (χ1n) is 4.90. The molecule has 0 saturated heterocycles. The van der Waals surface area contributed by atoms with E-state index in [9.17, 15) is 4.79 Å². The third-order valence-corrected chi connectivity index (χ3v) is 2.57. The zero-order valence-corrected chi connectivity index (χ0v) is 9.46. The molecular weight excluding hydrogens is 214 g/mol. The Kier molecular flexibility index (Phi) is 5.20. The Morgan fingerprint density at radius 1 is 1.73 bits per heavy atom. The van der Waals surface area contributed by atoms with E-state index in [2.05, 4.69) is 14.9 Å². The summed E-state index contributed by atoms with van der Waals surface area (Å²) in [6, 6.07) is 0. The number of aromatic nitrogens is 2. The summed E-state index contributed by atoms with van der Waals surface area (Å²) in [6.07, 6.45) is 1.77. The fraction of sp³-hybridized carbons (Fsp3) is 0.667. The standard InChI is InChI=1S/C9H15N3O2S/c1-7(5-13)3-2-4-10-9(14)8-6-15-12-11-8/h6-7,13H,2-5H2,1H3,(H,10,14). The van der Waals surface area contributed by atoms with Crippen LogP contribution in [0.4, 0.5) is 0 Å². The Balaban J connectivity index is 2.13. The van der Waals surface area contributed by atoms with Gasteiger partial charge < -0.3 is 10.4 Å². The third-order valence-electron chi connectivity index (χ3n) is 2.06. The lowest BCUT2D eigenvalue weighted by atomic mass is 10.1. The molecular formula is C9H15N3O2S. The molecule has 15 heavy (non-hydrogen) atoms. The van der Waals surface area contributed by atoms with Crippen LogP contribution in [0.25, 0.3) is 0 Å². The first-order valence-corrected chi connectivity index (χ1v) is 5.73. The minimum atomic E-state index is -0.180. The van der Waals surface area contributed by atoms with Crippen LogP contribution in [0.1, 0.15) is 30.3 Å². The quantitative estimate of drug-likeness (QED) is 0.703. The zero-order valence-electron chi connectivity index (χ0n) is 8.64. The maximum absolute atomic E-state index is 11.4. The summed E-state index contributed by atoms with van der Waals surface area (Å²) in [4.78, 5) is 11.4. The van der Waals surface area contributed by atoms with Gasteiger partial charge in [-0.25, -0.2) is 0 Å². The van der Waals surface area contributed by atoms with Crippen LogP contribution in [0.2, 0.25) is 0 Å². The number of carbonyl (C=O) groups is 1. The number of aliphatic hydroxyl groups is 1. The lowest BCUT2D eigenvalue weighted by Gasteiger charge is -2.07. The molecule has 1 amide bonds. The van der Waals surface area contributed by atoms with Crippen LogP contribution < -0.4 is 5.32 Å². The SMILES string of the molecule is CC(CO)CCCNC(=O)c1csnn1. The molecule has 0 bridgehead atoms. The molecule has 0 fully saturated rings. The summed E-state index contributed by atoms with van der Waals surface area (Å²) < 4.78 is 3.61. The van der Waals surface area contributed by atoms with Crippen molar-refractivity contribution in [3.63, 3.8) is 0 Å². The molecule has 5 nitrogen and oxygen atoms in total. The van der Waals surface area contributed by atoms with Crippen molar-refractivity contribution in [2.24, 2.45) is 5.92 Å². The summed E-state index contributed by atoms with van der Waals surface area (Å²) in [6.45, 7) is 2.79. The van der Waals surface area contributed by atoms with Crippen molar-refractivity contribution >= 4 is 17.4 Å². The minimum absolute atomic E-state index is 0.180. The molecule has 84 valence electrons. The van der Waals surface area contributed by atoms with Gasteiger partial charge in [-0.15, -0.1) is 5.10 Å². The molecule has 0 aliphatic carbocycles. The Hall–Kier alpha value is -1.01. The van der Waals surface area contributed by atoms with Gasteiger partial charge in [-0.1, -0.05) is 11.4 Å². The topological polar surface area (TPSA) is 75.1 Å². The van der Waals surface area contributed by atoms with E-state index in [-0.39, 0.29) is 12.5 Å². The van der Waals surface area contributed by atoms with Gasteiger partial charge in [-0.05, 0) is 30.3 Å². The Morgan fingerprint density at radius 2 is 2.53 bits per heavy atom. The highest BCUT2D eigenvalue weighted by Gasteiger charge is 2.07.